The Kier molecular flexibility index (Phi) is 9.37. The zero-order chi connectivity index (χ0) is 42.4. The van der Waals surface area contributed by atoms with Crippen molar-refractivity contribution in [3.63, 3.8) is 0 Å². The molecule has 0 N–H and O–H groups in total. The van der Waals surface area contributed by atoms with Gasteiger partial charge in [0, 0.05) is 35.6 Å². The van der Waals surface area contributed by atoms with Crippen LogP contribution in [0.2, 0.25) is 0 Å². The number of hydrogen-bond donors (Lipinski definition) is 0. The van der Waals surface area contributed by atoms with Gasteiger partial charge in [-0.2, -0.15) is 18.2 Å². The number of imidazole rings is 1. The number of fused-ring (bicyclic) bond motifs is 12. The second-order valence-electron chi connectivity index (χ2n) is 16.7. The van der Waals surface area contributed by atoms with E-state index < -0.39 is 14.2 Å². The molecule has 0 saturated heterocycles. The topological polar surface area (TPSA) is 33.4 Å². The average Bonchev–Trinajstić information content (AvgIpc) is 4.01. The van der Waals surface area contributed by atoms with E-state index in [0.717, 1.165) is 49.7 Å². The van der Waals surface area contributed by atoms with Gasteiger partial charge in [0.15, 0.2) is 0 Å². The third-order valence-electron chi connectivity index (χ3n) is 13.5. The van der Waals surface area contributed by atoms with E-state index in [2.05, 4.69) is 173 Å². The fourth-order valence-electron chi connectivity index (χ4n) is 10.9. The molecule has 2 atom stereocenters. The fourth-order valence-corrected chi connectivity index (χ4v) is 15.9. The van der Waals surface area contributed by atoms with Gasteiger partial charge in [0.25, 0.3) is 0 Å². The van der Waals surface area contributed by atoms with Gasteiger partial charge >= 0.3 is 21.1 Å². The summed E-state index contributed by atoms with van der Waals surface area (Å²) in [5, 5.41) is 7.70. The Morgan fingerprint density at radius 3 is 1.98 bits per heavy atom. The van der Waals surface area contributed by atoms with Crippen LogP contribution in [0.1, 0.15) is 39.9 Å². The second kappa shape index (κ2) is 15.5. The van der Waals surface area contributed by atoms with Gasteiger partial charge in [0.1, 0.15) is 20.1 Å². The van der Waals surface area contributed by atoms with Gasteiger partial charge in [-0.25, -0.2) is 9.37 Å². The zero-order valence-electron chi connectivity index (χ0n) is 34.8. The Morgan fingerprint density at radius 1 is 0.554 bits per heavy atom. The van der Waals surface area contributed by atoms with Crippen molar-refractivity contribution in [1.82, 2.24) is 14.4 Å². The van der Waals surface area contributed by atoms with Crippen molar-refractivity contribution in [2.75, 3.05) is 4.90 Å². The Balaban J connectivity index is 0.00000444. The third kappa shape index (κ3) is 5.77. The molecule has 0 spiro atoms. The summed E-state index contributed by atoms with van der Waals surface area (Å²) < 4.78 is 19.9. The zero-order valence-corrected chi connectivity index (χ0v) is 38.1. The van der Waals surface area contributed by atoms with Crippen LogP contribution in [0.4, 0.5) is 21.6 Å². The van der Waals surface area contributed by atoms with Crippen LogP contribution in [0.25, 0.3) is 38.4 Å². The normalized spacial score (nSPS) is 14.9. The number of alkyl halides is 1. The summed E-state index contributed by atoms with van der Waals surface area (Å²) in [6.07, 6.45) is 4.07. The number of halogens is 1. The third-order valence-corrected chi connectivity index (χ3v) is 18.3. The maximum absolute atomic E-state index is 17.8. The molecule has 1 aliphatic carbocycles. The second-order valence-corrected chi connectivity index (χ2v) is 20.5. The standard InChI is InChI=1S/C58H37FN4Si.Pt/c59-56(39-27-29-43-44-22-12-13-25-49(44)62-35-34-61-58(62)48(43)36-39)40-28-31-51-50(37-40)63(53-26-14-15-33-60-53)57-52(64(51,41-18-6-2-7-19-41)42-20-8-3-9-21-42)32-30-47-54(38-16-4-1-5-17-38)45-23-10-11-24-46(45)55(47)57;/h1-35,54,56H;/q-2;+2. The first-order chi connectivity index (χ1) is 31.7. The van der Waals surface area contributed by atoms with Gasteiger partial charge in [-0.3, -0.25) is 4.98 Å². The van der Waals surface area contributed by atoms with Crippen LogP contribution in [0, 0.1) is 12.1 Å². The molecular weight excluding hydrogens is 995 g/mol. The quantitative estimate of drug-likeness (QED) is 0.0945. The number of nitrogens with zero attached hydrogens (tertiary/aromatic N) is 4. The van der Waals surface area contributed by atoms with Crippen LogP contribution >= 0.6 is 0 Å². The molecule has 0 saturated carbocycles. The van der Waals surface area contributed by atoms with E-state index in [0.29, 0.717) is 11.1 Å². The van der Waals surface area contributed by atoms with E-state index in [1.165, 1.54) is 43.4 Å². The fraction of sp³-hybridized carbons (Fsp3) is 0.0345. The average molecular weight is 1030 g/mol. The summed E-state index contributed by atoms with van der Waals surface area (Å²) in [4.78, 5) is 12.1. The molecule has 0 radical (unpaired) electrons. The largest absolute Gasteiger partial charge is 2.00 e. The van der Waals surface area contributed by atoms with Gasteiger partial charge in [-0.1, -0.05) is 184 Å². The summed E-state index contributed by atoms with van der Waals surface area (Å²) in [7, 11) is -3.18. The predicted molar refractivity (Wildman–Crippen MR) is 260 cm³/mol. The van der Waals surface area contributed by atoms with Crippen LogP contribution in [0.3, 0.4) is 0 Å². The number of hydrogen-bond acceptors (Lipinski definition) is 3. The molecular formula is C58H37FN4PtSi. The van der Waals surface area contributed by atoms with Crippen molar-refractivity contribution >= 4 is 73.3 Å². The van der Waals surface area contributed by atoms with Crippen molar-refractivity contribution < 1.29 is 25.5 Å². The van der Waals surface area contributed by atoms with Crippen molar-refractivity contribution in [3.8, 4) is 11.1 Å². The molecule has 4 heterocycles. The Morgan fingerprint density at radius 2 is 1.22 bits per heavy atom. The van der Waals surface area contributed by atoms with Crippen LogP contribution in [0.15, 0.2) is 213 Å². The Bertz CT molecular complexity index is 3560. The van der Waals surface area contributed by atoms with E-state index in [1.807, 2.05) is 54.9 Å². The molecule has 2 aliphatic rings. The number of benzene rings is 8. The van der Waals surface area contributed by atoms with E-state index >= 15 is 4.39 Å². The molecule has 1 aliphatic heterocycles. The summed E-state index contributed by atoms with van der Waals surface area (Å²) in [5.41, 5.74) is 10.7. The first-order valence-corrected chi connectivity index (χ1v) is 23.7. The van der Waals surface area contributed by atoms with E-state index in [-0.39, 0.29) is 27.0 Å². The first kappa shape index (κ1) is 39.4. The van der Waals surface area contributed by atoms with Gasteiger partial charge in [-0.15, -0.1) is 28.9 Å². The summed E-state index contributed by atoms with van der Waals surface area (Å²) >= 11 is 0. The van der Waals surface area contributed by atoms with Gasteiger partial charge in [0.2, 0.25) is 0 Å². The molecule has 8 aromatic carbocycles. The SMILES string of the molecule is FC(c1[c-]c2c(cc1)[Si](c1ccccc1)(c1ccccc1)c1ccc3c(c1N2c1ccccn1)-c1ccccc1C3c1ccccc1)c1[c-]c2c(cc1)c1ccccc1n1ccnc21.[Pt+2]. The number of para-hydroxylation sites is 1. The van der Waals surface area contributed by atoms with E-state index in [1.54, 1.807) is 6.20 Å². The molecule has 310 valence electrons. The molecule has 3 aromatic heterocycles. The molecule has 13 rings (SSSR count). The van der Waals surface area contributed by atoms with Gasteiger partial charge in [0.05, 0.1) is 11.3 Å². The van der Waals surface area contributed by atoms with Gasteiger partial charge in [-0.05, 0) is 51.0 Å². The predicted octanol–water partition coefficient (Wildman–Crippen LogP) is 11.0. The molecule has 0 bridgehead atoms. The minimum atomic E-state index is -3.18. The molecule has 7 heteroatoms. The Labute approximate surface area is 391 Å². The first-order valence-electron chi connectivity index (χ1n) is 21.7. The van der Waals surface area contributed by atoms with E-state index in [4.69, 9.17) is 9.97 Å². The molecule has 65 heavy (non-hydrogen) atoms. The van der Waals surface area contributed by atoms with Crippen LogP contribution in [-0.2, 0) is 21.1 Å². The monoisotopic (exact) mass is 1030 g/mol. The maximum Gasteiger partial charge on any atom is 2.00 e. The van der Waals surface area contributed by atoms with Crippen molar-refractivity contribution in [1.29, 1.82) is 0 Å². The molecule has 2 unspecified atom stereocenters. The van der Waals surface area contributed by atoms with Crippen LogP contribution in [0.5, 0.6) is 0 Å². The molecule has 0 amide bonds. The van der Waals surface area contributed by atoms with Crippen molar-refractivity contribution in [3.05, 3.63) is 253 Å². The van der Waals surface area contributed by atoms with Crippen LogP contribution < -0.4 is 25.6 Å². The van der Waals surface area contributed by atoms with Gasteiger partial charge < -0.3 is 9.30 Å². The number of aromatic nitrogens is 3. The van der Waals surface area contributed by atoms with Crippen molar-refractivity contribution in [2.45, 2.75) is 12.1 Å². The maximum atomic E-state index is 17.8. The minimum absolute atomic E-state index is 0. The number of pyridine rings is 2. The smallest absolute Gasteiger partial charge is 0.340 e. The van der Waals surface area contributed by atoms with Crippen LogP contribution in [-0.4, -0.2) is 22.4 Å². The van der Waals surface area contributed by atoms with Crippen molar-refractivity contribution in [2.24, 2.45) is 0 Å². The molecule has 11 aromatic rings. The summed E-state index contributed by atoms with van der Waals surface area (Å²) in [5.74, 6) is 0.777. The minimum Gasteiger partial charge on any atom is -0.340 e. The number of rotatable bonds is 6. The molecule has 4 nitrogen and oxygen atoms in total. The van der Waals surface area contributed by atoms with E-state index in [9.17, 15) is 0 Å². The molecule has 0 fully saturated rings. The summed E-state index contributed by atoms with van der Waals surface area (Å²) in [6, 6.07) is 76.0. The number of anilines is 3. The Hall–Kier alpha value is -7.24. The summed E-state index contributed by atoms with van der Waals surface area (Å²) in [6.45, 7) is 0.